The minimum atomic E-state index is 0.407. The molecule has 0 N–H and O–H groups in total. The van der Waals surface area contributed by atoms with E-state index in [0.717, 1.165) is 5.56 Å². The predicted molar refractivity (Wildman–Crippen MR) is 61.4 cm³/mol. The average molecular weight is 222 g/mol. The van der Waals surface area contributed by atoms with E-state index in [1.165, 1.54) is 0 Å². The quantitative estimate of drug-likeness (QED) is 0.721. The molecule has 0 aliphatic carbocycles. The predicted octanol–water partition coefficient (Wildman–Crippen LogP) is 2.45. The zero-order chi connectivity index (χ0) is 11.4. The van der Waals surface area contributed by atoms with Crippen LogP contribution in [0.5, 0.6) is 0 Å². The van der Waals surface area contributed by atoms with Crippen LogP contribution in [0.4, 0.5) is 0 Å². The Labute approximate surface area is 94.6 Å². The van der Waals surface area contributed by atoms with Gasteiger partial charge in [0.2, 0.25) is 0 Å². The Kier molecular flexibility index (Phi) is 3.70. The Balaban J connectivity index is 3.22. The second-order valence-corrected chi connectivity index (χ2v) is 3.77. The van der Waals surface area contributed by atoms with Crippen molar-refractivity contribution < 1.29 is 0 Å². The molecule has 78 valence electrons. The van der Waals surface area contributed by atoms with E-state index in [1.54, 1.807) is 13.0 Å². The summed E-state index contributed by atoms with van der Waals surface area (Å²) < 4.78 is 0. The number of pyridine rings is 1. The molecule has 1 aromatic heterocycles. The molecule has 0 saturated carbocycles. The van der Waals surface area contributed by atoms with Gasteiger partial charge in [0.05, 0.1) is 11.3 Å². The Morgan fingerprint density at radius 1 is 1.53 bits per heavy atom. The van der Waals surface area contributed by atoms with Gasteiger partial charge >= 0.3 is 0 Å². The van der Waals surface area contributed by atoms with Gasteiger partial charge in [0.15, 0.2) is 0 Å². The minimum Gasteiger partial charge on any atom is -0.383 e. The molecule has 0 aliphatic heterocycles. The second kappa shape index (κ2) is 4.81. The summed E-state index contributed by atoms with van der Waals surface area (Å²) in [6.07, 6.45) is 3.71. The molecule has 0 fully saturated rings. The number of nitrogens with zero attached hydrogens (tertiary/aromatic N) is 3. The Bertz CT molecular complexity index is 430. The molecule has 0 atom stereocenters. The summed E-state index contributed by atoms with van der Waals surface area (Å²) in [6, 6.07) is 3.81. The summed E-state index contributed by atoms with van der Waals surface area (Å²) in [7, 11) is 3.83. The fraction of sp³-hybridized carbons (Fsp3) is 0.273. The van der Waals surface area contributed by atoms with Gasteiger partial charge in [-0.25, -0.2) is 4.98 Å². The first-order chi connectivity index (χ1) is 7.04. The topological polar surface area (TPSA) is 39.9 Å². The van der Waals surface area contributed by atoms with Gasteiger partial charge in [0.1, 0.15) is 11.2 Å². The molecular weight excluding hydrogens is 210 g/mol. The first-order valence-corrected chi connectivity index (χ1v) is 4.84. The summed E-state index contributed by atoms with van der Waals surface area (Å²) >= 11 is 5.83. The molecule has 0 radical (unpaired) electrons. The van der Waals surface area contributed by atoms with E-state index in [9.17, 15) is 0 Å². The van der Waals surface area contributed by atoms with E-state index in [2.05, 4.69) is 11.1 Å². The van der Waals surface area contributed by atoms with Crippen LogP contribution in [0.3, 0.4) is 0 Å². The van der Waals surface area contributed by atoms with Gasteiger partial charge in [-0.3, -0.25) is 0 Å². The standard InChI is InChI=1S/C11H12ClN3/c1-8-10(7-13)9(4-5-15(2)3)6-11(12)14-8/h4-6H,1-3H3/b5-4+. The van der Waals surface area contributed by atoms with Crippen molar-refractivity contribution in [1.82, 2.24) is 9.88 Å². The van der Waals surface area contributed by atoms with Gasteiger partial charge in [-0.1, -0.05) is 11.6 Å². The Hall–Kier alpha value is -1.53. The summed E-state index contributed by atoms with van der Waals surface area (Å²) in [6.45, 7) is 1.78. The average Bonchev–Trinajstić information content (AvgIpc) is 2.13. The van der Waals surface area contributed by atoms with Crippen LogP contribution in [0, 0.1) is 18.3 Å². The van der Waals surface area contributed by atoms with E-state index in [1.807, 2.05) is 31.3 Å². The number of halogens is 1. The molecule has 0 saturated heterocycles. The van der Waals surface area contributed by atoms with Crippen molar-refractivity contribution in [3.63, 3.8) is 0 Å². The SMILES string of the molecule is Cc1nc(Cl)cc(/C=C/N(C)C)c1C#N. The highest BCUT2D eigenvalue weighted by Crippen LogP contribution is 2.17. The highest BCUT2D eigenvalue weighted by molar-refractivity contribution is 6.29. The summed E-state index contributed by atoms with van der Waals surface area (Å²) in [5, 5.41) is 9.38. The molecule has 0 bridgehead atoms. The number of nitriles is 1. The van der Waals surface area contributed by atoms with Gasteiger partial charge in [0, 0.05) is 14.1 Å². The molecule has 1 aromatic rings. The first-order valence-electron chi connectivity index (χ1n) is 4.46. The van der Waals surface area contributed by atoms with Crippen molar-refractivity contribution >= 4 is 17.7 Å². The van der Waals surface area contributed by atoms with Gasteiger partial charge in [-0.15, -0.1) is 0 Å². The third-order valence-electron chi connectivity index (χ3n) is 1.86. The van der Waals surface area contributed by atoms with Crippen LogP contribution in [0.25, 0.3) is 6.08 Å². The molecule has 0 spiro atoms. The Morgan fingerprint density at radius 3 is 2.73 bits per heavy atom. The van der Waals surface area contributed by atoms with E-state index >= 15 is 0 Å². The maximum atomic E-state index is 8.97. The van der Waals surface area contributed by atoms with Crippen LogP contribution < -0.4 is 0 Å². The fourth-order valence-corrected chi connectivity index (χ4v) is 1.41. The lowest BCUT2D eigenvalue weighted by molar-refractivity contribution is 0.567. The molecular formula is C11H12ClN3. The lowest BCUT2D eigenvalue weighted by Crippen LogP contribution is -2.00. The fourth-order valence-electron chi connectivity index (χ4n) is 1.16. The van der Waals surface area contributed by atoms with Crippen LogP contribution in [0.15, 0.2) is 12.3 Å². The van der Waals surface area contributed by atoms with Crippen LogP contribution in [0.2, 0.25) is 5.15 Å². The monoisotopic (exact) mass is 221 g/mol. The first kappa shape index (κ1) is 11.5. The van der Waals surface area contributed by atoms with Crippen molar-refractivity contribution in [3.8, 4) is 6.07 Å². The minimum absolute atomic E-state index is 0.407. The molecule has 0 unspecified atom stereocenters. The molecule has 15 heavy (non-hydrogen) atoms. The highest BCUT2D eigenvalue weighted by atomic mass is 35.5. The largest absolute Gasteiger partial charge is 0.383 e. The molecule has 0 amide bonds. The molecule has 3 nitrogen and oxygen atoms in total. The maximum Gasteiger partial charge on any atom is 0.130 e. The van der Waals surface area contributed by atoms with Crippen molar-refractivity contribution in [2.75, 3.05) is 14.1 Å². The number of aromatic nitrogens is 1. The summed E-state index contributed by atoms with van der Waals surface area (Å²) in [5.74, 6) is 0. The molecule has 0 aromatic carbocycles. The molecule has 1 heterocycles. The normalized spacial score (nSPS) is 10.3. The number of hydrogen-bond donors (Lipinski definition) is 0. The van der Waals surface area contributed by atoms with Crippen molar-refractivity contribution in [3.05, 3.63) is 34.2 Å². The van der Waals surface area contributed by atoms with Crippen LogP contribution in [0.1, 0.15) is 16.8 Å². The van der Waals surface area contributed by atoms with E-state index in [4.69, 9.17) is 16.9 Å². The number of hydrogen-bond acceptors (Lipinski definition) is 3. The van der Waals surface area contributed by atoms with E-state index < -0.39 is 0 Å². The lowest BCUT2D eigenvalue weighted by Gasteiger charge is -2.05. The van der Waals surface area contributed by atoms with Crippen LogP contribution >= 0.6 is 11.6 Å². The highest BCUT2D eigenvalue weighted by Gasteiger charge is 2.05. The lowest BCUT2D eigenvalue weighted by atomic mass is 10.1. The molecule has 4 heteroatoms. The van der Waals surface area contributed by atoms with Gasteiger partial charge in [-0.2, -0.15) is 5.26 Å². The second-order valence-electron chi connectivity index (χ2n) is 3.39. The summed E-state index contributed by atoms with van der Waals surface area (Å²) in [5.41, 5.74) is 2.02. The van der Waals surface area contributed by atoms with E-state index in [-0.39, 0.29) is 0 Å². The van der Waals surface area contributed by atoms with Gasteiger partial charge < -0.3 is 4.90 Å². The van der Waals surface area contributed by atoms with E-state index in [0.29, 0.717) is 16.4 Å². The number of aryl methyl sites for hydroxylation is 1. The van der Waals surface area contributed by atoms with Crippen LogP contribution in [-0.4, -0.2) is 24.0 Å². The molecule has 1 rings (SSSR count). The van der Waals surface area contributed by atoms with Crippen molar-refractivity contribution in [1.29, 1.82) is 5.26 Å². The van der Waals surface area contributed by atoms with Crippen molar-refractivity contribution in [2.24, 2.45) is 0 Å². The maximum absolute atomic E-state index is 8.97. The zero-order valence-electron chi connectivity index (χ0n) is 8.95. The summed E-state index contributed by atoms with van der Waals surface area (Å²) in [4.78, 5) is 5.92. The van der Waals surface area contributed by atoms with Gasteiger partial charge in [0.25, 0.3) is 0 Å². The third kappa shape index (κ3) is 2.97. The number of rotatable bonds is 2. The molecule has 0 aliphatic rings. The smallest absolute Gasteiger partial charge is 0.130 e. The van der Waals surface area contributed by atoms with Gasteiger partial charge in [-0.05, 0) is 30.8 Å². The Morgan fingerprint density at radius 2 is 2.20 bits per heavy atom. The third-order valence-corrected chi connectivity index (χ3v) is 2.06. The van der Waals surface area contributed by atoms with Crippen LogP contribution in [-0.2, 0) is 0 Å². The zero-order valence-corrected chi connectivity index (χ0v) is 9.71. The van der Waals surface area contributed by atoms with Crippen molar-refractivity contribution in [2.45, 2.75) is 6.92 Å².